The zero-order valence-corrected chi connectivity index (χ0v) is 18.8. The van der Waals surface area contributed by atoms with Crippen LogP contribution in [0.25, 0.3) is 76.5 Å². The fraction of sp³-hybridized carbons (Fsp3) is 0. The highest BCUT2D eigenvalue weighted by Gasteiger charge is 2.18. The number of fused-ring (bicyclic) bond motifs is 7. The maximum Gasteiger partial charge on any atom is 0.136 e. The van der Waals surface area contributed by atoms with Gasteiger partial charge >= 0.3 is 0 Å². The summed E-state index contributed by atoms with van der Waals surface area (Å²) in [6.07, 6.45) is 0. The zero-order chi connectivity index (χ0) is 39.1. The van der Waals surface area contributed by atoms with Crippen molar-refractivity contribution in [2.24, 2.45) is 0 Å². The lowest BCUT2D eigenvalue weighted by molar-refractivity contribution is 0.669. The average molecular weight is 488 g/mol. The van der Waals surface area contributed by atoms with Crippen molar-refractivity contribution in [1.29, 1.82) is 0 Å². The van der Waals surface area contributed by atoms with E-state index < -0.39 is 119 Å². The molecule has 8 rings (SSSR count). The molecule has 0 amide bonds. The molecule has 0 bridgehead atoms. The summed E-state index contributed by atoms with van der Waals surface area (Å²) >= 11 is 0. The molecule has 0 unspecified atom stereocenters. The second-order valence-electron chi connectivity index (χ2n) is 8.38. The van der Waals surface area contributed by atoms with E-state index >= 15 is 0 Å². The summed E-state index contributed by atoms with van der Waals surface area (Å²) < 4.78 is 156. The number of furan rings is 1. The summed E-state index contributed by atoms with van der Waals surface area (Å²) in [5.41, 5.74) is -1.30. The Morgan fingerprint density at radius 3 is 1.70 bits per heavy atom. The smallest absolute Gasteiger partial charge is 0.136 e. The quantitative estimate of drug-likeness (QED) is 0.221. The molecular weight excluding hydrogens is 448 g/mol. The Balaban J connectivity index is 1.75. The standard InChI is InChI=1S/C36H22O/c1-2-11-24(12-3-1)34-27-14-6-8-16-29(27)35(30-17-9-7-15-28(30)34)25-19-20-32-31(22-25)36-26-13-5-4-10-23(26)18-21-33(36)37-32/h1-22H/i4D,5D,6D,7D,8D,9D,10D,13D,14D,15D,16D,17D,18D,19D,20D,21D,22D. The second-order valence-corrected chi connectivity index (χ2v) is 8.38. The molecule has 1 heterocycles. The molecule has 0 saturated carbocycles. The van der Waals surface area contributed by atoms with Gasteiger partial charge in [0.2, 0.25) is 0 Å². The minimum Gasteiger partial charge on any atom is -0.456 e. The van der Waals surface area contributed by atoms with Crippen molar-refractivity contribution < 1.29 is 27.7 Å². The maximum atomic E-state index is 9.69. The number of hydrogen-bond donors (Lipinski definition) is 0. The first-order chi connectivity index (χ1) is 25.4. The molecule has 1 heteroatoms. The molecule has 172 valence electrons. The van der Waals surface area contributed by atoms with Gasteiger partial charge in [0.15, 0.2) is 0 Å². The molecule has 0 fully saturated rings. The van der Waals surface area contributed by atoms with E-state index in [0.717, 1.165) is 0 Å². The molecule has 1 aromatic heterocycles. The summed E-state index contributed by atoms with van der Waals surface area (Å²) in [6, 6.07) is -2.85. The lowest BCUT2D eigenvalue weighted by Gasteiger charge is -2.17. The average Bonchev–Trinajstić information content (AvgIpc) is 3.57. The van der Waals surface area contributed by atoms with E-state index in [1.54, 1.807) is 30.3 Å². The Labute approximate surface area is 238 Å². The molecule has 8 aromatic rings. The highest BCUT2D eigenvalue weighted by atomic mass is 16.3. The molecule has 0 aliphatic carbocycles. The Bertz CT molecular complexity index is 2980. The lowest BCUT2D eigenvalue weighted by atomic mass is 9.86. The Kier molecular flexibility index (Phi) is 2.09. The second kappa shape index (κ2) is 7.81. The Hall–Kier alpha value is -4.88. The summed E-state index contributed by atoms with van der Waals surface area (Å²) in [6.45, 7) is 0. The lowest BCUT2D eigenvalue weighted by Crippen LogP contribution is -1.90. The highest BCUT2D eigenvalue weighted by molar-refractivity contribution is 6.23. The first-order valence-electron chi connectivity index (χ1n) is 19.8. The van der Waals surface area contributed by atoms with E-state index in [1.807, 2.05) is 0 Å². The summed E-state index contributed by atoms with van der Waals surface area (Å²) in [7, 11) is 0. The van der Waals surface area contributed by atoms with Crippen molar-refractivity contribution in [3.63, 3.8) is 0 Å². The first-order valence-corrected chi connectivity index (χ1v) is 11.3. The topological polar surface area (TPSA) is 13.1 Å². The van der Waals surface area contributed by atoms with Crippen LogP contribution in [0.1, 0.15) is 23.3 Å². The van der Waals surface area contributed by atoms with Crippen LogP contribution in [0.4, 0.5) is 0 Å². The fourth-order valence-corrected chi connectivity index (χ4v) is 4.85. The number of benzene rings is 7. The third-order valence-electron chi connectivity index (χ3n) is 6.39. The number of hydrogen-bond acceptors (Lipinski definition) is 1. The molecule has 37 heavy (non-hydrogen) atoms. The normalized spacial score (nSPS) is 18.2. The van der Waals surface area contributed by atoms with Gasteiger partial charge in [-0.2, -0.15) is 0 Å². The van der Waals surface area contributed by atoms with Crippen LogP contribution in [-0.4, -0.2) is 0 Å². The first kappa shape index (κ1) is 9.88. The van der Waals surface area contributed by atoms with Crippen molar-refractivity contribution in [1.82, 2.24) is 0 Å². The molecule has 0 saturated heterocycles. The largest absolute Gasteiger partial charge is 0.456 e. The van der Waals surface area contributed by atoms with Crippen LogP contribution in [0.2, 0.25) is 0 Å². The predicted octanol–water partition coefficient (Wildman–Crippen LogP) is 10.4. The van der Waals surface area contributed by atoms with E-state index in [1.165, 1.54) is 0 Å². The van der Waals surface area contributed by atoms with Crippen LogP contribution < -0.4 is 0 Å². The van der Waals surface area contributed by atoms with Crippen LogP contribution in [0.15, 0.2) is 137 Å². The van der Waals surface area contributed by atoms with Gasteiger partial charge in [-0.3, -0.25) is 0 Å². The predicted molar refractivity (Wildman–Crippen MR) is 157 cm³/mol. The van der Waals surface area contributed by atoms with Crippen LogP contribution in [0.3, 0.4) is 0 Å². The van der Waals surface area contributed by atoms with E-state index in [4.69, 9.17) is 22.2 Å². The molecule has 0 N–H and O–H groups in total. The number of rotatable bonds is 2. The molecular formula is C36H22O. The Morgan fingerprint density at radius 1 is 0.459 bits per heavy atom. The summed E-state index contributed by atoms with van der Waals surface area (Å²) in [5.74, 6) is 0. The van der Waals surface area contributed by atoms with Crippen LogP contribution in [-0.2, 0) is 0 Å². The third kappa shape index (κ3) is 2.98. The van der Waals surface area contributed by atoms with E-state index in [9.17, 15) is 5.48 Å². The molecule has 0 spiro atoms. The van der Waals surface area contributed by atoms with Gasteiger partial charge in [0.05, 0.1) is 23.3 Å². The van der Waals surface area contributed by atoms with E-state index in [-0.39, 0.29) is 54.2 Å². The van der Waals surface area contributed by atoms with Gasteiger partial charge in [-0.1, -0.05) is 115 Å². The summed E-state index contributed by atoms with van der Waals surface area (Å²) in [5, 5.41) is -2.12. The minimum absolute atomic E-state index is 0.0474. The summed E-state index contributed by atoms with van der Waals surface area (Å²) in [4.78, 5) is 0. The zero-order valence-electron chi connectivity index (χ0n) is 35.8. The molecule has 0 aliphatic rings. The molecule has 7 aromatic carbocycles. The maximum absolute atomic E-state index is 9.69. The fourth-order valence-electron chi connectivity index (χ4n) is 4.85. The monoisotopic (exact) mass is 487 g/mol. The molecule has 1 nitrogen and oxygen atoms in total. The van der Waals surface area contributed by atoms with Crippen LogP contribution in [0, 0.1) is 0 Å². The van der Waals surface area contributed by atoms with Gasteiger partial charge in [-0.15, -0.1) is 0 Å². The van der Waals surface area contributed by atoms with Crippen molar-refractivity contribution in [3.05, 3.63) is 133 Å². The van der Waals surface area contributed by atoms with Crippen molar-refractivity contribution >= 4 is 54.3 Å². The van der Waals surface area contributed by atoms with Crippen LogP contribution >= 0.6 is 0 Å². The third-order valence-corrected chi connectivity index (χ3v) is 6.39. The minimum atomic E-state index is -0.731. The molecule has 0 aliphatic heterocycles. The van der Waals surface area contributed by atoms with Crippen molar-refractivity contribution in [2.75, 3.05) is 0 Å². The van der Waals surface area contributed by atoms with Crippen molar-refractivity contribution in [2.45, 2.75) is 0 Å². The van der Waals surface area contributed by atoms with Gasteiger partial charge in [0.25, 0.3) is 0 Å². The van der Waals surface area contributed by atoms with E-state index in [2.05, 4.69) is 0 Å². The van der Waals surface area contributed by atoms with Gasteiger partial charge < -0.3 is 4.42 Å². The molecule has 0 radical (unpaired) electrons. The van der Waals surface area contributed by atoms with Gasteiger partial charge in [-0.25, -0.2) is 0 Å². The SMILES string of the molecule is [2H]c1c(-c2c3c([2H])c([2H])c([2H])c([2H])c3c(-c3ccccc3)c3c([2H])c([2H])c([2H])c([2H])c23)c([2H])c2c(oc3c([2H])c([2H])c4c([2H])c([2H])c([2H])c([2H])c4c32)c1[2H]. The van der Waals surface area contributed by atoms with Crippen LogP contribution in [0.5, 0.6) is 0 Å². The molecule has 0 atom stereocenters. The van der Waals surface area contributed by atoms with Gasteiger partial charge in [0, 0.05) is 10.8 Å². The van der Waals surface area contributed by atoms with Gasteiger partial charge in [-0.05, 0) is 72.7 Å². The highest BCUT2D eigenvalue weighted by Crippen LogP contribution is 2.45. The van der Waals surface area contributed by atoms with Crippen molar-refractivity contribution in [3.8, 4) is 22.3 Å². The van der Waals surface area contributed by atoms with E-state index in [0.29, 0.717) is 5.56 Å². The Morgan fingerprint density at radius 2 is 1.03 bits per heavy atom. The van der Waals surface area contributed by atoms with Gasteiger partial charge in [0.1, 0.15) is 11.2 Å².